The van der Waals surface area contributed by atoms with E-state index in [9.17, 15) is 13.2 Å². The fourth-order valence-corrected chi connectivity index (χ4v) is 3.31. The van der Waals surface area contributed by atoms with Gasteiger partial charge in [-0.1, -0.05) is 0 Å². The Kier molecular flexibility index (Phi) is 3.53. The number of likely N-dealkylation sites (N-methyl/N-ethyl adjacent to an activating group) is 1. The minimum absolute atomic E-state index is 0.243. The van der Waals surface area contributed by atoms with Gasteiger partial charge in [0.1, 0.15) is 11.5 Å². The molecular weight excluding hydrogens is 317 g/mol. The van der Waals surface area contributed by atoms with Gasteiger partial charge in [0.2, 0.25) is 0 Å². The fraction of sp³-hybridized carbons (Fsp3) is 0.294. The molecule has 0 fully saturated rings. The predicted molar refractivity (Wildman–Crippen MR) is 84.2 cm³/mol. The van der Waals surface area contributed by atoms with Crippen LogP contribution in [0.15, 0.2) is 30.6 Å². The topological polar surface area (TPSA) is 34.0 Å². The lowest BCUT2D eigenvalue weighted by molar-refractivity contribution is 0.0703. The van der Waals surface area contributed by atoms with Gasteiger partial charge in [0.05, 0.1) is 11.9 Å². The summed E-state index contributed by atoms with van der Waals surface area (Å²) in [6.07, 6.45) is 3.13. The minimum atomic E-state index is -2.66. The molecule has 3 aromatic heterocycles. The van der Waals surface area contributed by atoms with E-state index in [2.05, 4.69) is 14.9 Å². The molecule has 124 valence electrons. The van der Waals surface area contributed by atoms with E-state index in [1.54, 1.807) is 12.1 Å². The third-order valence-electron chi connectivity index (χ3n) is 4.42. The molecule has 1 aliphatic heterocycles. The highest BCUT2D eigenvalue weighted by molar-refractivity contribution is 5.85. The van der Waals surface area contributed by atoms with E-state index in [1.807, 2.05) is 7.05 Å². The van der Waals surface area contributed by atoms with Gasteiger partial charge in [0.25, 0.3) is 0 Å². The number of hydrogen-bond donors (Lipinski definition) is 0. The monoisotopic (exact) mass is 332 g/mol. The number of rotatable bonds is 2. The van der Waals surface area contributed by atoms with Crippen LogP contribution in [-0.4, -0.2) is 33.0 Å². The Balaban J connectivity index is 1.95. The maximum Gasteiger partial charge on any atom is 0.320 e. The summed E-state index contributed by atoms with van der Waals surface area (Å²) < 4.78 is 41.7. The molecule has 0 saturated carbocycles. The van der Waals surface area contributed by atoms with Crippen LogP contribution in [0.2, 0.25) is 0 Å². The number of fused-ring (bicyclic) bond motifs is 3. The quantitative estimate of drug-likeness (QED) is 0.719. The van der Waals surface area contributed by atoms with Gasteiger partial charge in [-0.2, -0.15) is 8.78 Å². The molecule has 4 rings (SSSR count). The van der Waals surface area contributed by atoms with Gasteiger partial charge >= 0.3 is 6.55 Å². The van der Waals surface area contributed by atoms with E-state index in [0.717, 1.165) is 28.3 Å². The molecule has 0 saturated heterocycles. The lowest BCUT2D eigenvalue weighted by atomic mass is 10.1. The van der Waals surface area contributed by atoms with E-state index in [-0.39, 0.29) is 5.65 Å². The largest absolute Gasteiger partial charge is 0.320 e. The van der Waals surface area contributed by atoms with Crippen LogP contribution >= 0.6 is 0 Å². The first-order valence-electron chi connectivity index (χ1n) is 7.65. The summed E-state index contributed by atoms with van der Waals surface area (Å²) in [7, 11) is 1.97. The molecule has 4 heterocycles. The van der Waals surface area contributed by atoms with Gasteiger partial charge in [-0.25, -0.2) is 9.37 Å². The first-order valence-corrected chi connectivity index (χ1v) is 7.65. The van der Waals surface area contributed by atoms with Gasteiger partial charge < -0.3 is 4.90 Å². The summed E-state index contributed by atoms with van der Waals surface area (Å²) in [6, 6.07) is 4.81. The van der Waals surface area contributed by atoms with Crippen molar-refractivity contribution in [2.45, 2.75) is 19.5 Å². The Bertz CT molecular complexity index is 920. The molecule has 0 aliphatic carbocycles. The number of aromatic nitrogens is 3. The zero-order valence-corrected chi connectivity index (χ0v) is 13.0. The number of nitrogens with zero attached hydrogens (tertiary/aromatic N) is 4. The van der Waals surface area contributed by atoms with Crippen molar-refractivity contribution in [1.29, 1.82) is 0 Å². The van der Waals surface area contributed by atoms with Gasteiger partial charge in [-0.15, -0.1) is 0 Å². The van der Waals surface area contributed by atoms with Crippen LogP contribution in [-0.2, 0) is 13.0 Å². The second kappa shape index (κ2) is 5.59. The van der Waals surface area contributed by atoms with Crippen molar-refractivity contribution < 1.29 is 13.2 Å². The second-order valence-corrected chi connectivity index (χ2v) is 6.02. The second-order valence-electron chi connectivity index (χ2n) is 6.02. The van der Waals surface area contributed by atoms with Gasteiger partial charge in [0.15, 0.2) is 0 Å². The lowest BCUT2D eigenvalue weighted by Gasteiger charge is -2.23. The highest BCUT2D eigenvalue weighted by atomic mass is 19.3. The van der Waals surface area contributed by atoms with E-state index >= 15 is 0 Å². The average Bonchev–Trinajstić information content (AvgIpc) is 2.88. The summed E-state index contributed by atoms with van der Waals surface area (Å²) in [5, 5.41) is 0.727. The predicted octanol–water partition coefficient (Wildman–Crippen LogP) is 3.62. The number of hydrogen-bond acceptors (Lipinski definition) is 3. The van der Waals surface area contributed by atoms with Crippen molar-refractivity contribution in [2.75, 3.05) is 13.6 Å². The van der Waals surface area contributed by atoms with Crippen molar-refractivity contribution in [3.05, 3.63) is 47.7 Å². The van der Waals surface area contributed by atoms with E-state index in [0.29, 0.717) is 29.9 Å². The van der Waals surface area contributed by atoms with Crippen LogP contribution in [0.5, 0.6) is 0 Å². The van der Waals surface area contributed by atoms with Crippen LogP contribution in [0.25, 0.3) is 22.3 Å². The van der Waals surface area contributed by atoms with Gasteiger partial charge in [-0.05, 0) is 30.8 Å². The molecule has 3 aromatic rings. The van der Waals surface area contributed by atoms with Crippen molar-refractivity contribution in [3.8, 4) is 11.3 Å². The molecule has 0 atom stereocenters. The van der Waals surface area contributed by atoms with Crippen LogP contribution in [0.1, 0.15) is 17.8 Å². The van der Waals surface area contributed by atoms with Crippen molar-refractivity contribution in [3.63, 3.8) is 0 Å². The third kappa shape index (κ3) is 2.36. The number of alkyl halides is 2. The van der Waals surface area contributed by atoms with Crippen LogP contribution in [0.4, 0.5) is 13.2 Å². The maximum absolute atomic E-state index is 13.7. The highest BCUT2D eigenvalue weighted by Gasteiger charge is 2.26. The first-order chi connectivity index (χ1) is 11.5. The lowest BCUT2D eigenvalue weighted by Crippen LogP contribution is -2.27. The zero-order valence-electron chi connectivity index (χ0n) is 13.0. The molecule has 0 amide bonds. The Labute approximate surface area is 136 Å². The van der Waals surface area contributed by atoms with E-state index in [4.69, 9.17) is 0 Å². The molecule has 1 aliphatic rings. The minimum Gasteiger partial charge on any atom is -0.302 e. The first kappa shape index (κ1) is 15.1. The summed E-state index contributed by atoms with van der Waals surface area (Å²) in [5.74, 6) is -0.487. The van der Waals surface area contributed by atoms with E-state index < -0.39 is 12.4 Å². The molecule has 0 unspecified atom stereocenters. The summed E-state index contributed by atoms with van der Waals surface area (Å²) >= 11 is 0. The Hall–Kier alpha value is -2.41. The number of halogens is 3. The SMILES string of the molecule is CN1CCc2c(c3ccc(-c4cncc(F)c4)nc3n2C(F)F)C1. The average molecular weight is 332 g/mol. The van der Waals surface area contributed by atoms with Crippen molar-refractivity contribution in [1.82, 2.24) is 19.4 Å². The van der Waals surface area contributed by atoms with Crippen LogP contribution in [0.3, 0.4) is 0 Å². The molecule has 0 bridgehead atoms. The summed E-state index contributed by atoms with van der Waals surface area (Å²) in [4.78, 5) is 10.3. The molecule has 0 spiro atoms. The Morgan fingerprint density at radius 2 is 2.04 bits per heavy atom. The standard InChI is InChI=1S/C17H15F3N4/c1-23-5-4-15-13(9-23)12-2-3-14(10-6-11(18)8-21-7-10)22-16(12)24(15)17(19)20/h2-3,6-8,17H,4-5,9H2,1H3. The third-order valence-corrected chi connectivity index (χ3v) is 4.42. The summed E-state index contributed by atoms with van der Waals surface area (Å²) in [6.45, 7) is -1.31. The molecular formula is C17H15F3N4. The van der Waals surface area contributed by atoms with Crippen LogP contribution in [0, 0.1) is 5.82 Å². The molecule has 0 aromatic carbocycles. The molecule has 0 radical (unpaired) electrons. The maximum atomic E-state index is 13.7. The molecule has 7 heteroatoms. The normalized spacial score (nSPS) is 15.2. The van der Waals surface area contributed by atoms with Crippen molar-refractivity contribution in [2.24, 2.45) is 0 Å². The Morgan fingerprint density at radius 1 is 1.21 bits per heavy atom. The summed E-state index contributed by atoms with van der Waals surface area (Å²) in [5.41, 5.74) is 2.68. The Morgan fingerprint density at radius 3 is 2.79 bits per heavy atom. The van der Waals surface area contributed by atoms with Crippen LogP contribution < -0.4 is 0 Å². The van der Waals surface area contributed by atoms with Gasteiger partial charge in [0, 0.05) is 42.4 Å². The van der Waals surface area contributed by atoms with Gasteiger partial charge in [-0.3, -0.25) is 9.55 Å². The zero-order chi connectivity index (χ0) is 16.8. The highest BCUT2D eigenvalue weighted by Crippen LogP contribution is 2.34. The van der Waals surface area contributed by atoms with E-state index in [1.165, 1.54) is 12.3 Å². The molecule has 4 nitrogen and oxygen atoms in total. The van der Waals surface area contributed by atoms with Crippen molar-refractivity contribution >= 4 is 11.0 Å². The number of pyridine rings is 2. The fourth-order valence-electron chi connectivity index (χ4n) is 3.31. The smallest absolute Gasteiger partial charge is 0.302 e. The molecule has 24 heavy (non-hydrogen) atoms. The molecule has 0 N–H and O–H groups in total.